The summed E-state index contributed by atoms with van der Waals surface area (Å²) in [5.74, 6) is 0.497. The van der Waals surface area contributed by atoms with Crippen LogP contribution in [0.5, 0.6) is 0 Å². The molecule has 0 aliphatic carbocycles. The maximum atomic E-state index is 11.6. The van der Waals surface area contributed by atoms with E-state index < -0.39 is 6.04 Å². The van der Waals surface area contributed by atoms with Gasteiger partial charge in [-0.25, -0.2) is 14.8 Å². The third kappa shape index (κ3) is 4.68. The normalized spacial score (nSPS) is 12.3. The minimum absolute atomic E-state index is 0.301. The lowest BCUT2D eigenvalue weighted by molar-refractivity contribution is -0.141. The second kappa shape index (κ2) is 6.54. The number of methoxy groups -OCH3 is 1. The topological polar surface area (TPSA) is 64.1 Å². The number of halogens is 1. The Morgan fingerprint density at radius 2 is 2.06 bits per heavy atom. The molecule has 1 N–H and O–H groups in total. The molecule has 6 heteroatoms. The molecule has 17 heavy (non-hydrogen) atoms. The third-order valence-corrected chi connectivity index (χ3v) is 2.53. The average Bonchev–Trinajstić information content (AvgIpc) is 2.29. The molecule has 1 aromatic rings. The van der Waals surface area contributed by atoms with Crippen molar-refractivity contribution >= 4 is 27.8 Å². The molecule has 0 aliphatic heterocycles. The van der Waals surface area contributed by atoms with Crippen LogP contribution in [0.25, 0.3) is 0 Å². The zero-order valence-corrected chi connectivity index (χ0v) is 11.7. The summed E-state index contributed by atoms with van der Waals surface area (Å²) in [4.78, 5) is 19.7. The molecule has 1 heterocycles. The fraction of sp³-hybridized carbons (Fsp3) is 0.545. The van der Waals surface area contributed by atoms with Gasteiger partial charge in [-0.1, -0.05) is 13.8 Å². The Bertz CT molecular complexity index is 367. The van der Waals surface area contributed by atoms with Crippen LogP contribution in [0.1, 0.15) is 20.3 Å². The Hall–Kier alpha value is -1.17. The highest BCUT2D eigenvalue weighted by Crippen LogP contribution is 2.12. The molecule has 0 saturated heterocycles. The summed E-state index contributed by atoms with van der Waals surface area (Å²) < 4.78 is 5.54. The molecule has 1 atom stereocenters. The molecule has 0 bridgehead atoms. The number of anilines is 1. The lowest BCUT2D eigenvalue weighted by Crippen LogP contribution is -2.32. The molecular formula is C11H16BrN3O2. The number of hydrogen-bond donors (Lipinski definition) is 1. The molecule has 0 unspecified atom stereocenters. The zero-order valence-electron chi connectivity index (χ0n) is 10.1. The molecular weight excluding hydrogens is 286 g/mol. The minimum Gasteiger partial charge on any atom is -0.467 e. The lowest BCUT2D eigenvalue weighted by Gasteiger charge is -2.17. The fourth-order valence-electron chi connectivity index (χ4n) is 1.37. The lowest BCUT2D eigenvalue weighted by atomic mass is 10.0. The molecule has 1 rings (SSSR count). The monoisotopic (exact) mass is 301 g/mol. The van der Waals surface area contributed by atoms with Crippen molar-refractivity contribution in [1.82, 2.24) is 9.97 Å². The van der Waals surface area contributed by atoms with Crippen LogP contribution in [0.3, 0.4) is 0 Å². The highest BCUT2D eigenvalue weighted by atomic mass is 79.9. The maximum Gasteiger partial charge on any atom is 0.328 e. The number of hydrogen-bond acceptors (Lipinski definition) is 5. The van der Waals surface area contributed by atoms with E-state index in [0.29, 0.717) is 18.3 Å². The van der Waals surface area contributed by atoms with Gasteiger partial charge in [-0.05, 0) is 28.3 Å². The SMILES string of the molecule is COC(=O)[C@H](CC(C)C)Nc1ncc(Br)cn1. The van der Waals surface area contributed by atoms with Gasteiger partial charge < -0.3 is 10.1 Å². The Balaban J connectivity index is 2.71. The van der Waals surface area contributed by atoms with Crippen LogP contribution >= 0.6 is 15.9 Å². The van der Waals surface area contributed by atoms with E-state index in [2.05, 4.69) is 31.2 Å². The van der Waals surface area contributed by atoms with Gasteiger partial charge in [0, 0.05) is 12.4 Å². The molecule has 0 radical (unpaired) electrons. The van der Waals surface area contributed by atoms with Crippen LogP contribution in [-0.4, -0.2) is 29.1 Å². The second-order valence-corrected chi connectivity index (χ2v) is 4.99. The first-order chi connectivity index (χ1) is 8.02. The van der Waals surface area contributed by atoms with E-state index in [4.69, 9.17) is 4.74 Å². The van der Waals surface area contributed by atoms with Crippen LogP contribution in [0, 0.1) is 5.92 Å². The van der Waals surface area contributed by atoms with Crippen molar-refractivity contribution in [2.45, 2.75) is 26.3 Å². The third-order valence-electron chi connectivity index (χ3n) is 2.12. The molecule has 0 aliphatic rings. The fourth-order valence-corrected chi connectivity index (χ4v) is 1.58. The Labute approximate surface area is 109 Å². The summed E-state index contributed by atoms with van der Waals surface area (Å²) >= 11 is 3.25. The van der Waals surface area contributed by atoms with Crippen LogP contribution < -0.4 is 5.32 Å². The molecule has 94 valence electrons. The number of carbonyl (C=O) groups excluding carboxylic acids is 1. The van der Waals surface area contributed by atoms with Crippen molar-refractivity contribution in [1.29, 1.82) is 0 Å². The van der Waals surface area contributed by atoms with Crippen LogP contribution in [0.2, 0.25) is 0 Å². The summed E-state index contributed by atoms with van der Waals surface area (Å²) in [6.07, 6.45) is 3.92. The minimum atomic E-state index is -0.416. The molecule has 1 aromatic heterocycles. The van der Waals surface area contributed by atoms with Crippen molar-refractivity contribution < 1.29 is 9.53 Å². The predicted molar refractivity (Wildman–Crippen MR) is 68.6 cm³/mol. The van der Waals surface area contributed by atoms with Gasteiger partial charge in [0.2, 0.25) is 5.95 Å². The van der Waals surface area contributed by atoms with Gasteiger partial charge >= 0.3 is 5.97 Å². The Morgan fingerprint density at radius 3 is 2.53 bits per heavy atom. The van der Waals surface area contributed by atoms with Gasteiger partial charge in [-0.2, -0.15) is 0 Å². The Kier molecular flexibility index (Phi) is 5.34. The van der Waals surface area contributed by atoms with Crippen molar-refractivity contribution in [3.05, 3.63) is 16.9 Å². The van der Waals surface area contributed by atoms with Gasteiger partial charge in [0.15, 0.2) is 0 Å². The van der Waals surface area contributed by atoms with E-state index in [9.17, 15) is 4.79 Å². The van der Waals surface area contributed by atoms with E-state index >= 15 is 0 Å². The van der Waals surface area contributed by atoms with Gasteiger partial charge in [0.1, 0.15) is 6.04 Å². The number of carbonyl (C=O) groups is 1. The molecule has 0 saturated carbocycles. The van der Waals surface area contributed by atoms with Crippen molar-refractivity contribution in [2.75, 3.05) is 12.4 Å². The van der Waals surface area contributed by atoms with E-state index in [1.807, 2.05) is 13.8 Å². The zero-order chi connectivity index (χ0) is 12.8. The summed E-state index contributed by atoms with van der Waals surface area (Å²) in [6.45, 7) is 4.08. The first-order valence-electron chi connectivity index (χ1n) is 5.34. The molecule has 0 fully saturated rings. The van der Waals surface area contributed by atoms with Crippen LogP contribution in [0.15, 0.2) is 16.9 Å². The number of aromatic nitrogens is 2. The van der Waals surface area contributed by atoms with E-state index in [0.717, 1.165) is 4.47 Å². The van der Waals surface area contributed by atoms with Gasteiger partial charge in [-0.3, -0.25) is 0 Å². The average molecular weight is 302 g/mol. The Morgan fingerprint density at radius 1 is 1.47 bits per heavy atom. The number of ether oxygens (including phenoxy) is 1. The molecule has 0 amide bonds. The molecule has 0 aromatic carbocycles. The van der Waals surface area contributed by atoms with Crippen molar-refractivity contribution in [3.8, 4) is 0 Å². The van der Waals surface area contributed by atoms with E-state index in [1.54, 1.807) is 12.4 Å². The summed E-state index contributed by atoms with van der Waals surface area (Å²) in [7, 11) is 1.37. The van der Waals surface area contributed by atoms with E-state index in [-0.39, 0.29) is 5.97 Å². The van der Waals surface area contributed by atoms with Crippen molar-refractivity contribution in [3.63, 3.8) is 0 Å². The first kappa shape index (κ1) is 13.9. The highest BCUT2D eigenvalue weighted by Gasteiger charge is 2.21. The summed E-state index contributed by atoms with van der Waals surface area (Å²) in [6, 6.07) is -0.416. The quantitative estimate of drug-likeness (QED) is 0.845. The maximum absolute atomic E-state index is 11.6. The second-order valence-electron chi connectivity index (χ2n) is 4.07. The number of nitrogens with one attached hydrogen (secondary N) is 1. The van der Waals surface area contributed by atoms with Gasteiger partial charge in [-0.15, -0.1) is 0 Å². The highest BCUT2D eigenvalue weighted by molar-refractivity contribution is 9.10. The molecule has 5 nitrogen and oxygen atoms in total. The summed E-state index contributed by atoms with van der Waals surface area (Å²) in [5.41, 5.74) is 0. The first-order valence-corrected chi connectivity index (χ1v) is 6.14. The van der Waals surface area contributed by atoms with Crippen LogP contribution in [0.4, 0.5) is 5.95 Å². The van der Waals surface area contributed by atoms with Gasteiger partial charge in [0.25, 0.3) is 0 Å². The van der Waals surface area contributed by atoms with Crippen LogP contribution in [-0.2, 0) is 9.53 Å². The smallest absolute Gasteiger partial charge is 0.328 e. The standard InChI is InChI=1S/C11H16BrN3O2/c1-7(2)4-9(10(16)17-3)15-11-13-5-8(12)6-14-11/h5-7,9H,4H2,1-3H3,(H,13,14,15)/t9-/m0/s1. The van der Waals surface area contributed by atoms with E-state index in [1.165, 1.54) is 7.11 Å². The largest absolute Gasteiger partial charge is 0.467 e. The van der Waals surface area contributed by atoms with Gasteiger partial charge in [0.05, 0.1) is 11.6 Å². The van der Waals surface area contributed by atoms with Crippen molar-refractivity contribution in [2.24, 2.45) is 5.92 Å². The molecule has 0 spiro atoms. The summed E-state index contributed by atoms with van der Waals surface area (Å²) in [5, 5.41) is 2.97. The number of rotatable bonds is 5. The predicted octanol–water partition coefficient (Wildman–Crippen LogP) is 2.24. The number of nitrogens with zero attached hydrogens (tertiary/aromatic N) is 2. The number of esters is 1.